The molecule has 3 atom stereocenters. The van der Waals surface area contributed by atoms with Crippen LogP contribution in [0, 0.1) is 34.5 Å². The number of ether oxygens (including phenoxy) is 4. The van der Waals surface area contributed by atoms with E-state index >= 15 is 0 Å². The second-order valence-electron chi connectivity index (χ2n) is 32.5. The van der Waals surface area contributed by atoms with Crippen LogP contribution in [-0.4, -0.2) is 120 Å². The van der Waals surface area contributed by atoms with Crippen molar-refractivity contribution >= 4 is 101 Å². The number of alkyl halides is 15. The number of carbonyl (C=O) groups is 3. The summed E-state index contributed by atoms with van der Waals surface area (Å²) >= 11 is 0. The molecular formula is C90H89F15O17S6. The Morgan fingerprint density at radius 2 is 0.695 bits per heavy atom. The Kier molecular flexibility index (Phi) is 33.1. The third kappa shape index (κ3) is 26.3. The van der Waals surface area contributed by atoms with Crippen molar-refractivity contribution < 1.29 is 143 Å². The highest BCUT2D eigenvalue weighted by Gasteiger charge is 2.67. The van der Waals surface area contributed by atoms with E-state index in [1.165, 1.54) is 54.4 Å². The molecular weight excluding hydrogens is 1830 g/mol. The summed E-state index contributed by atoms with van der Waals surface area (Å²) in [5, 5.41) is -5.11. The molecule has 0 saturated heterocycles. The summed E-state index contributed by atoms with van der Waals surface area (Å²) < 4.78 is 306. The zero-order valence-corrected chi connectivity index (χ0v) is 74.0. The smallest absolute Gasteiger partial charge is 0.432 e. The fourth-order valence-corrected chi connectivity index (χ4v) is 23.0. The number of aromatic hydroxyl groups is 1. The second-order valence-corrected chi connectivity index (χ2v) is 42.9. The number of esters is 3. The minimum atomic E-state index is -6.67. The molecule has 4 bridgehead atoms. The third-order valence-electron chi connectivity index (χ3n) is 20.5. The predicted molar refractivity (Wildman–Crippen MR) is 449 cm³/mol. The normalized spacial score (nSPS) is 18.2. The van der Waals surface area contributed by atoms with Crippen LogP contribution in [0.2, 0.25) is 0 Å². The Balaban J connectivity index is 0.000000174. The van der Waals surface area contributed by atoms with Crippen LogP contribution in [0.4, 0.5) is 65.9 Å². The summed E-state index contributed by atoms with van der Waals surface area (Å²) in [4.78, 5) is 44.1. The number of phenols is 1. The molecule has 692 valence electrons. The maximum Gasteiger partial charge on any atom is 0.432 e. The van der Waals surface area contributed by atoms with E-state index in [1.807, 2.05) is 24.3 Å². The molecule has 1 N–H and O–H groups in total. The van der Waals surface area contributed by atoms with E-state index in [2.05, 4.69) is 247 Å². The lowest BCUT2D eigenvalue weighted by Gasteiger charge is -2.55. The van der Waals surface area contributed by atoms with E-state index in [4.69, 9.17) is 4.74 Å². The Bertz CT molecular complexity index is 5540. The van der Waals surface area contributed by atoms with Gasteiger partial charge in [-0.05, 0) is 244 Å². The van der Waals surface area contributed by atoms with E-state index in [1.54, 1.807) is 12.1 Å². The van der Waals surface area contributed by atoms with E-state index in [0.717, 1.165) is 52.2 Å². The zero-order valence-electron chi connectivity index (χ0n) is 69.1. The molecule has 5 aliphatic rings. The quantitative estimate of drug-likeness (QED) is 0.0259. The largest absolute Gasteiger partial charge is 0.743 e. The van der Waals surface area contributed by atoms with Crippen molar-refractivity contribution in [3.8, 4) is 16.4 Å². The van der Waals surface area contributed by atoms with Gasteiger partial charge in [-0.15, -0.1) is 0 Å². The van der Waals surface area contributed by atoms with Gasteiger partial charge in [0.1, 0.15) is 17.1 Å². The summed E-state index contributed by atoms with van der Waals surface area (Å²) in [6, 6.07) is 86.8. The molecule has 5 fully saturated rings. The zero-order chi connectivity index (χ0) is 94.6. The molecule has 5 saturated carbocycles. The molecule has 0 aliphatic heterocycles. The van der Waals surface area contributed by atoms with Crippen molar-refractivity contribution in [2.75, 3.05) is 0 Å². The number of benzene rings is 9. The Labute approximate surface area is 738 Å². The van der Waals surface area contributed by atoms with Gasteiger partial charge in [-0.2, -0.15) is 65.9 Å². The first-order valence-corrected chi connectivity index (χ1v) is 47.4. The average molecular weight is 1920 g/mol. The molecule has 0 spiro atoms. The summed E-state index contributed by atoms with van der Waals surface area (Å²) in [5.41, 5.74) is -3.06. The second kappa shape index (κ2) is 41.4. The molecule has 10 aromatic rings. The van der Waals surface area contributed by atoms with Crippen LogP contribution in [0.5, 0.6) is 11.5 Å². The molecule has 9 aromatic carbocycles. The van der Waals surface area contributed by atoms with Crippen molar-refractivity contribution in [1.29, 1.82) is 0 Å². The lowest BCUT2D eigenvalue weighted by Crippen LogP contribution is -2.56. The number of rotatable bonds is 19. The molecule has 15 rings (SSSR count). The highest BCUT2D eigenvalue weighted by molar-refractivity contribution is 7.97. The topological polar surface area (TPSA) is 280 Å². The van der Waals surface area contributed by atoms with Gasteiger partial charge in [0.25, 0.3) is 18.3 Å². The van der Waals surface area contributed by atoms with E-state index in [9.17, 15) is 124 Å². The van der Waals surface area contributed by atoms with Gasteiger partial charge in [0.05, 0.1) is 38.5 Å². The number of hydrogen-bond donors (Lipinski definition) is 1. The molecule has 0 radical (unpaired) electrons. The first kappa shape index (κ1) is 102. The number of carbonyl (C=O) groups excluding carboxylic acids is 3. The average Bonchev–Trinajstić information content (AvgIpc) is 0.960. The Hall–Kier alpha value is -9.41. The van der Waals surface area contributed by atoms with Gasteiger partial charge in [-0.3, -0.25) is 14.4 Å². The molecule has 5 aliphatic carbocycles. The van der Waals surface area contributed by atoms with Crippen LogP contribution < -0.4 is 4.74 Å². The molecule has 38 heteroatoms. The number of phenolic OH excluding ortho intramolecular Hbond substituents is 1. The van der Waals surface area contributed by atoms with E-state index in [-0.39, 0.29) is 87.7 Å². The maximum atomic E-state index is 13.5. The summed E-state index contributed by atoms with van der Waals surface area (Å²) in [5.74, 6) is -4.16. The SMILES string of the molecule is CC(C)(C)C(=O)OC(C(F)(F)F)C(F)(F)S(=O)(=O)[O-].CC(C)(C)Oc1ccc([S+](c2ccccc2)c2ccccc2)cc1.O=C(OC(C(F)(F)F)C(F)(F)S(=O)(=O)[O-])C12CC3CC(CC(C3)C1)C2.O=C(OC(C(F)(F)F)C(F)(F)S(=O)(=O)[O-])C1CCCCC1.Oc1ccc([S+](c2ccccc2)c2ccccc2)cc1.c1ccc(-[s+]2c3ccccc3c3ccccc32)cc1. The van der Waals surface area contributed by atoms with Gasteiger partial charge in [0.15, 0.2) is 74.0 Å². The van der Waals surface area contributed by atoms with Gasteiger partial charge in [-0.25, -0.2) is 25.3 Å². The van der Waals surface area contributed by atoms with Crippen LogP contribution >= 0.6 is 10.5 Å². The van der Waals surface area contributed by atoms with Gasteiger partial charge in [0, 0.05) is 21.2 Å². The number of hydrogen-bond acceptors (Lipinski definition) is 17. The fourth-order valence-electron chi connectivity index (χ4n) is 15.1. The number of thiophene rings is 1. The van der Waals surface area contributed by atoms with E-state index < -0.39 is 118 Å². The van der Waals surface area contributed by atoms with Crippen LogP contribution in [0.15, 0.2) is 278 Å². The number of halogens is 15. The van der Waals surface area contributed by atoms with Crippen molar-refractivity contribution in [1.82, 2.24) is 0 Å². The molecule has 17 nitrogen and oxygen atoms in total. The van der Waals surface area contributed by atoms with Gasteiger partial charge in [0.2, 0.25) is 0 Å². The van der Waals surface area contributed by atoms with E-state index in [0.29, 0.717) is 18.6 Å². The lowest BCUT2D eigenvalue weighted by molar-refractivity contribution is -0.266. The predicted octanol–water partition coefficient (Wildman–Crippen LogP) is 22.8. The minimum absolute atomic E-state index is 0.0594. The van der Waals surface area contributed by atoms with Gasteiger partial charge < -0.3 is 37.7 Å². The Morgan fingerprint density at radius 3 is 1.02 bits per heavy atom. The molecule has 1 aromatic heterocycles. The third-order valence-corrected chi connectivity index (χ3v) is 29.9. The minimum Gasteiger partial charge on any atom is -0.743 e. The van der Waals surface area contributed by atoms with Crippen LogP contribution in [0.3, 0.4) is 0 Å². The lowest BCUT2D eigenvalue weighted by atomic mass is 9.49. The fraction of sp³-hybridized carbons (Fsp3) is 0.367. The Morgan fingerprint density at radius 1 is 0.398 bits per heavy atom. The summed E-state index contributed by atoms with van der Waals surface area (Å²) in [6.45, 7) is 9.39. The summed E-state index contributed by atoms with van der Waals surface area (Å²) in [7, 11) is -20.1. The van der Waals surface area contributed by atoms with Gasteiger partial charge in [-0.1, -0.05) is 135 Å². The van der Waals surface area contributed by atoms with Gasteiger partial charge >= 0.3 is 52.2 Å². The molecule has 0 amide bonds. The number of fused-ring (bicyclic) bond motifs is 3. The van der Waals surface area contributed by atoms with Crippen LogP contribution in [-0.2, 0) is 80.7 Å². The summed E-state index contributed by atoms with van der Waals surface area (Å²) in [6.07, 6.45) is -25.2. The molecule has 3 unspecified atom stereocenters. The van der Waals surface area contributed by atoms with Crippen LogP contribution in [0.25, 0.3) is 25.1 Å². The van der Waals surface area contributed by atoms with Crippen LogP contribution in [0.1, 0.15) is 112 Å². The highest BCUT2D eigenvalue weighted by Crippen LogP contribution is 2.61. The van der Waals surface area contributed by atoms with Crippen molar-refractivity contribution in [2.24, 2.45) is 34.5 Å². The van der Waals surface area contributed by atoms with Crippen molar-refractivity contribution in [3.05, 3.63) is 249 Å². The maximum absolute atomic E-state index is 13.5. The standard InChI is InChI=1S/C22H23OS.C18H14OS.C18H13S.C14H17F5O5S.C10H13F5O5S.C8H11F5O5S/c1-22(2,3)23-18-14-16-21(17-15-18)24(19-10-6-4-7-11-19)20-12-8-5-9-13-20;19-15-11-13-18(14-12-15)20(16-7-3-1-4-8-16)17-9-5-2-6-10-17;1-2-8-14(9-3-1)19-17-12-6-4-10-15(17)16-11-5-7-13-18(16)19;15-13(16,17)10(14(18,19)25(21,22)23)24-11(20)12-4-7-1-8(5-12)3-9(2-7)6-12;11-9(12,13)8(10(14,15)21(17,18)19)20-7(16)6-4-2-1-3-5-6;1-6(2,3)5(14)18-4(7(9,10)11)8(12,13)19(15,16)17/h4-17H,1-3H3;1-14H;1-13H;7-10H,1-6H2,(H,21,22,23);6,8H,1-5H2,(H,17,18,19);4H,1-3H3,(H,15,16,17)/q+1;;+1;;;/p-2. The monoisotopic (exact) mass is 1920 g/mol. The molecule has 1 heterocycles. The van der Waals surface area contributed by atoms with Crippen molar-refractivity contribution in [3.63, 3.8) is 0 Å². The first-order valence-electron chi connectivity index (χ1n) is 39.5. The molecule has 128 heavy (non-hydrogen) atoms. The van der Waals surface area contributed by atoms with Crippen molar-refractivity contribution in [2.45, 2.75) is 200 Å². The first-order chi connectivity index (χ1) is 59.4. The highest BCUT2D eigenvalue weighted by atomic mass is 32.2.